The van der Waals surface area contributed by atoms with E-state index in [1.165, 1.54) is 28.6 Å². The Morgan fingerprint density at radius 1 is 0.896 bits per heavy atom. The number of amides is 2. The van der Waals surface area contributed by atoms with E-state index in [0.29, 0.717) is 5.69 Å². The second-order valence-corrected chi connectivity index (χ2v) is 16.3. The monoisotopic (exact) mass is 677 g/mol. The first-order valence-corrected chi connectivity index (χ1v) is 18.0. The molecule has 6 N–H and O–H groups in total. The van der Waals surface area contributed by atoms with E-state index < -0.39 is 39.5 Å². The van der Waals surface area contributed by atoms with Crippen molar-refractivity contribution < 1.29 is 23.1 Å². The highest BCUT2D eigenvalue weighted by Crippen LogP contribution is 2.45. The third kappa shape index (κ3) is 9.88. The largest absolute Gasteiger partial charge is 0.399 e. The van der Waals surface area contributed by atoms with Gasteiger partial charge in [-0.15, -0.1) is 0 Å². The molecular formula is C37H51N5O5S. The first kappa shape index (κ1) is 37.1. The van der Waals surface area contributed by atoms with Crippen LogP contribution >= 0.6 is 0 Å². The number of hydrogen-bond donors (Lipinski definition) is 5. The molecule has 3 atom stereocenters. The van der Waals surface area contributed by atoms with Crippen LogP contribution in [0.3, 0.4) is 0 Å². The van der Waals surface area contributed by atoms with Gasteiger partial charge >= 0.3 is 0 Å². The lowest BCUT2D eigenvalue weighted by Crippen LogP contribution is -2.59. The van der Waals surface area contributed by atoms with Crippen LogP contribution in [0.4, 0.5) is 5.69 Å². The quantitative estimate of drug-likeness (QED) is 0.145. The van der Waals surface area contributed by atoms with Crippen LogP contribution in [0.1, 0.15) is 58.6 Å². The van der Waals surface area contributed by atoms with Gasteiger partial charge < -0.3 is 21.5 Å². The molecule has 1 aliphatic carbocycles. The van der Waals surface area contributed by atoms with E-state index in [1.54, 1.807) is 0 Å². The summed E-state index contributed by atoms with van der Waals surface area (Å²) in [6, 6.07) is 23.6. The number of aliphatic hydroxyl groups excluding tert-OH is 1. The van der Waals surface area contributed by atoms with E-state index in [1.807, 2.05) is 95.3 Å². The highest BCUT2D eigenvalue weighted by Gasteiger charge is 2.44. The second-order valence-electron chi connectivity index (χ2n) is 14.3. The zero-order valence-electron chi connectivity index (χ0n) is 28.6. The molecule has 0 aromatic heterocycles. The molecule has 48 heavy (non-hydrogen) atoms. The molecule has 3 aromatic carbocycles. The molecule has 0 heterocycles. The Morgan fingerprint density at radius 2 is 1.48 bits per heavy atom. The summed E-state index contributed by atoms with van der Waals surface area (Å²) in [5.74, 6) is -0.810. The summed E-state index contributed by atoms with van der Waals surface area (Å²) in [6.07, 6.45) is 0.829. The van der Waals surface area contributed by atoms with Crippen molar-refractivity contribution in [3.8, 4) is 0 Å². The minimum absolute atomic E-state index is 0.0336. The van der Waals surface area contributed by atoms with Gasteiger partial charge in [-0.1, -0.05) is 95.3 Å². The Kier molecular flexibility index (Phi) is 12.1. The maximum absolute atomic E-state index is 14.0. The highest BCUT2D eigenvalue weighted by atomic mass is 32.2. The first-order valence-electron chi connectivity index (χ1n) is 16.6. The van der Waals surface area contributed by atoms with Gasteiger partial charge in [0, 0.05) is 24.3 Å². The lowest BCUT2D eigenvalue weighted by Gasteiger charge is -2.34. The molecule has 0 aliphatic heterocycles. The van der Waals surface area contributed by atoms with E-state index >= 15 is 0 Å². The van der Waals surface area contributed by atoms with Gasteiger partial charge in [0.1, 0.15) is 6.04 Å². The third-order valence-corrected chi connectivity index (χ3v) is 10.5. The van der Waals surface area contributed by atoms with Crippen LogP contribution in [-0.4, -0.2) is 67.5 Å². The van der Waals surface area contributed by atoms with Crippen LogP contribution < -0.4 is 21.7 Å². The maximum Gasteiger partial charge on any atom is 0.243 e. The van der Waals surface area contributed by atoms with Crippen LogP contribution in [0.25, 0.3) is 0 Å². The van der Waals surface area contributed by atoms with Crippen molar-refractivity contribution >= 4 is 27.5 Å². The Balaban J connectivity index is 1.52. The summed E-state index contributed by atoms with van der Waals surface area (Å²) in [6.45, 7) is 9.35. The standard InChI is InChI=1S/C37H51N5O5S/c1-26(2)24-42(48(46,47)30-18-16-29(38)17-19-30)25-32(43)31(22-27-12-8-6-9-13-27)40-35(45)34(36(3,4)5)41-33(44)23-39-37(20-21-37)28-14-10-7-11-15-28/h6-19,26,31-32,34,39,43H,20-25,38H2,1-5H3,(H,40,45)(H,41,44). The van der Waals surface area contributed by atoms with Crippen molar-refractivity contribution in [2.24, 2.45) is 11.3 Å². The van der Waals surface area contributed by atoms with Crippen LogP contribution in [0, 0.1) is 11.3 Å². The average Bonchev–Trinajstić information content (AvgIpc) is 3.83. The highest BCUT2D eigenvalue weighted by molar-refractivity contribution is 7.89. The molecule has 3 aromatic rings. The molecule has 4 rings (SSSR count). The summed E-state index contributed by atoms with van der Waals surface area (Å²) in [5.41, 5.74) is 7.32. The Bertz CT molecular complexity index is 1610. The number of nitrogens with one attached hydrogen (secondary N) is 3. The van der Waals surface area contributed by atoms with E-state index in [9.17, 15) is 23.1 Å². The Morgan fingerprint density at radius 3 is 2.02 bits per heavy atom. The fourth-order valence-corrected chi connectivity index (χ4v) is 7.43. The Labute approximate surface area is 285 Å². The van der Waals surface area contributed by atoms with E-state index in [4.69, 9.17) is 5.73 Å². The number of nitrogens with zero attached hydrogens (tertiary/aromatic N) is 1. The summed E-state index contributed by atoms with van der Waals surface area (Å²) in [7, 11) is -3.99. The first-order chi connectivity index (χ1) is 22.6. The number of benzene rings is 3. The van der Waals surface area contributed by atoms with Crippen molar-refractivity contribution in [1.29, 1.82) is 0 Å². The number of carbonyl (C=O) groups excluding carboxylic acids is 2. The minimum Gasteiger partial charge on any atom is -0.399 e. The molecule has 1 saturated carbocycles. The molecule has 1 aliphatic rings. The smallest absolute Gasteiger partial charge is 0.243 e. The van der Waals surface area contributed by atoms with Gasteiger partial charge in [0.25, 0.3) is 0 Å². The number of rotatable bonds is 16. The summed E-state index contributed by atoms with van der Waals surface area (Å²) in [5, 5.41) is 21.0. The van der Waals surface area contributed by atoms with Crippen LogP contribution in [-0.2, 0) is 31.6 Å². The number of anilines is 1. The van der Waals surface area contributed by atoms with Gasteiger partial charge in [-0.3, -0.25) is 14.9 Å². The lowest BCUT2D eigenvalue weighted by atomic mass is 9.85. The van der Waals surface area contributed by atoms with Crippen molar-refractivity contribution in [2.45, 2.75) is 82.5 Å². The normalized spacial score (nSPS) is 16.2. The minimum atomic E-state index is -3.99. The predicted octanol–water partition coefficient (Wildman–Crippen LogP) is 3.81. The van der Waals surface area contributed by atoms with Crippen LogP contribution in [0.15, 0.2) is 89.8 Å². The number of nitrogen functional groups attached to an aromatic ring is 1. The third-order valence-electron chi connectivity index (χ3n) is 8.67. The van der Waals surface area contributed by atoms with Crippen LogP contribution in [0.2, 0.25) is 0 Å². The van der Waals surface area contributed by atoms with Crippen molar-refractivity contribution in [2.75, 3.05) is 25.4 Å². The van der Waals surface area contributed by atoms with E-state index in [2.05, 4.69) is 16.0 Å². The summed E-state index contributed by atoms with van der Waals surface area (Å²) in [4.78, 5) is 27.3. The number of nitrogens with two attached hydrogens (primary N) is 1. The molecule has 11 heteroatoms. The van der Waals surface area contributed by atoms with Crippen molar-refractivity contribution in [3.63, 3.8) is 0 Å². The molecular weight excluding hydrogens is 627 g/mol. The van der Waals surface area contributed by atoms with Gasteiger partial charge in [0.05, 0.1) is 23.6 Å². The van der Waals surface area contributed by atoms with Gasteiger partial charge in [-0.2, -0.15) is 4.31 Å². The fraction of sp³-hybridized carbons (Fsp3) is 0.459. The lowest BCUT2D eigenvalue weighted by molar-refractivity contribution is -0.132. The Hall–Kier alpha value is -3.77. The van der Waals surface area contributed by atoms with Crippen LogP contribution in [0.5, 0.6) is 0 Å². The molecule has 3 unspecified atom stereocenters. The number of sulfonamides is 1. The molecule has 0 bridgehead atoms. The molecule has 0 spiro atoms. The fourth-order valence-electron chi connectivity index (χ4n) is 5.81. The molecule has 0 radical (unpaired) electrons. The average molecular weight is 678 g/mol. The summed E-state index contributed by atoms with van der Waals surface area (Å²) >= 11 is 0. The molecule has 1 fully saturated rings. The maximum atomic E-state index is 14.0. The molecule has 0 saturated heterocycles. The van der Waals surface area contributed by atoms with Gasteiger partial charge in [0.2, 0.25) is 21.8 Å². The predicted molar refractivity (Wildman–Crippen MR) is 189 cm³/mol. The van der Waals surface area contributed by atoms with E-state index in [0.717, 1.165) is 24.0 Å². The summed E-state index contributed by atoms with van der Waals surface area (Å²) < 4.78 is 28.7. The molecule has 10 nitrogen and oxygen atoms in total. The molecule has 2 amide bonds. The van der Waals surface area contributed by atoms with Gasteiger partial charge in [-0.05, 0) is 66.0 Å². The molecule has 260 valence electrons. The zero-order valence-corrected chi connectivity index (χ0v) is 29.5. The van der Waals surface area contributed by atoms with Crippen molar-refractivity contribution in [1.82, 2.24) is 20.3 Å². The number of aliphatic hydroxyl groups is 1. The van der Waals surface area contributed by atoms with Gasteiger partial charge in [0.15, 0.2) is 0 Å². The SMILES string of the molecule is CC(C)CN(CC(O)C(Cc1ccccc1)NC(=O)C(NC(=O)CNC1(c2ccccc2)CC1)C(C)(C)C)S(=O)(=O)c1ccc(N)cc1. The topological polar surface area (TPSA) is 154 Å². The number of carbonyl (C=O) groups is 2. The van der Waals surface area contributed by atoms with Gasteiger partial charge in [-0.25, -0.2) is 8.42 Å². The van der Waals surface area contributed by atoms with Crippen molar-refractivity contribution in [3.05, 3.63) is 96.1 Å². The van der Waals surface area contributed by atoms with E-state index in [-0.39, 0.29) is 48.3 Å². The number of hydrogen-bond acceptors (Lipinski definition) is 7. The zero-order chi connectivity index (χ0) is 35.1. The second kappa shape index (κ2) is 15.6.